The average Bonchev–Trinajstić information content (AvgIpc) is 2.19. The fourth-order valence-corrected chi connectivity index (χ4v) is 1.06. The maximum Gasteiger partial charge on any atom is 0.217 e. The first-order chi connectivity index (χ1) is 6.26. The highest BCUT2D eigenvalue weighted by atomic mass is 16.5. The molecule has 0 saturated carbocycles. The van der Waals surface area contributed by atoms with E-state index in [1.165, 1.54) is 0 Å². The summed E-state index contributed by atoms with van der Waals surface area (Å²) in [4.78, 5) is 10.2. The summed E-state index contributed by atoms with van der Waals surface area (Å²) >= 11 is 0. The van der Waals surface area contributed by atoms with Gasteiger partial charge in [0.1, 0.15) is 5.75 Å². The van der Waals surface area contributed by atoms with E-state index < -0.39 is 6.04 Å². The van der Waals surface area contributed by atoms with Crippen molar-refractivity contribution in [2.75, 3.05) is 7.11 Å². The van der Waals surface area contributed by atoms with Crippen LogP contribution < -0.4 is 10.5 Å². The van der Waals surface area contributed by atoms with Crippen molar-refractivity contribution >= 4 is 6.29 Å². The second-order valence-electron chi connectivity index (χ2n) is 2.78. The molecule has 0 heterocycles. The van der Waals surface area contributed by atoms with Gasteiger partial charge in [-0.25, -0.2) is 0 Å². The predicted molar refractivity (Wildman–Crippen MR) is 50.4 cm³/mol. The zero-order valence-corrected chi connectivity index (χ0v) is 7.49. The van der Waals surface area contributed by atoms with Gasteiger partial charge in [-0.3, -0.25) is 4.79 Å². The Hall–Kier alpha value is -1.35. The van der Waals surface area contributed by atoms with Crippen LogP contribution in [0.5, 0.6) is 5.75 Å². The third-order valence-electron chi connectivity index (χ3n) is 1.77. The molecule has 0 bridgehead atoms. The number of carbonyl (C=O) groups excluding carboxylic acids is 1. The van der Waals surface area contributed by atoms with Gasteiger partial charge in [-0.15, -0.1) is 0 Å². The molecule has 1 radical (unpaired) electrons. The molecule has 1 rings (SSSR count). The molecule has 0 unspecified atom stereocenters. The molecule has 0 aliphatic rings. The molecule has 0 aliphatic carbocycles. The van der Waals surface area contributed by atoms with Gasteiger partial charge in [0.2, 0.25) is 6.29 Å². The predicted octanol–water partition coefficient (Wildman–Crippen LogP) is 0.675. The Labute approximate surface area is 77.5 Å². The molecule has 3 nitrogen and oxygen atoms in total. The molecule has 0 aliphatic heterocycles. The SMILES string of the molecule is COc1ccc(C[C@@H](N)[C]=O)cc1. The van der Waals surface area contributed by atoms with E-state index in [2.05, 4.69) is 0 Å². The summed E-state index contributed by atoms with van der Waals surface area (Å²) in [7, 11) is 1.61. The summed E-state index contributed by atoms with van der Waals surface area (Å²) in [5.41, 5.74) is 6.43. The van der Waals surface area contributed by atoms with Crippen molar-refractivity contribution in [3.05, 3.63) is 29.8 Å². The van der Waals surface area contributed by atoms with Gasteiger partial charge in [0, 0.05) is 0 Å². The molecular weight excluding hydrogens is 166 g/mol. The molecule has 69 valence electrons. The Kier molecular flexibility index (Phi) is 3.46. The van der Waals surface area contributed by atoms with Gasteiger partial charge in [-0.05, 0) is 24.1 Å². The van der Waals surface area contributed by atoms with Crippen molar-refractivity contribution in [1.29, 1.82) is 0 Å². The van der Waals surface area contributed by atoms with Crippen molar-refractivity contribution in [2.24, 2.45) is 5.73 Å². The normalized spacial score (nSPS) is 12.2. The monoisotopic (exact) mass is 178 g/mol. The molecule has 0 aromatic heterocycles. The first-order valence-corrected chi connectivity index (χ1v) is 4.02. The van der Waals surface area contributed by atoms with E-state index in [4.69, 9.17) is 10.5 Å². The molecule has 1 aromatic carbocycles. The summed E-state index contributed by atoms with van der Waals surface area (Å²) in [5, 5.41) is 0. The summed E-state index contributed by atoms with van der Waals surface area (Å²) in [5.74, 6) is 0.799. The summed E-state index contributed by atoms with van der Waals surface area (Å²) in [6.07, 6.45) is 2.26. The lowest BCUT2D eigenvalue weighted by Gasteiger charge is -2.04. The first-order valence-electron chi connectivity index (χ1n) is 4.02. The van der Waals surface area contributed by atoms with E-state index >= 15 is 0 Å². The van der Waals surface area contributed by atoms with Gasteiger partial charge < -0.3 is 10.5 Å². The van der Waals surface area contributed by atoms with Gasteiger partial charge in [-0.1, -0.05) is 12.1 Å². The molecular formula is C10H12NO2. The third-order valence-corrected chi connectivity index (χ3v) is 1.77. The number of hydrogen-bond acceptors (Lipinski definition) is 3. The lowest BCUT2D eigenvalue weighted by Crippen LogP contribution is -2.23. The maximum atomic E-state index is 10.2. The number of nitrogens with two attached hydrogens (primary N) is 1. The molecule has 1 atom stereocenters. The van der Waals surface area contributed by atoms with Crippen molar-refractivity contribution in [3.63, 3.8) is 0 Å². The van der Waals surface area contributed by atoms with Crippen LogP contribution in [0.15, 0.2) is 24.3 Å². The fraction of sp³-hybridized carbons (Fsp3) is 0.300. The molecule has 0 amide bonds. The average molecular weight is 178 g/mol. The Morgan fingerprint density at radius 3 is 2.54 bits per heavy atom. The second kappa shape index (κ2) is 4.62. The van der Waals surface area contributed by atoms with E-state index in [0.717, 1.165) is 11.3 Å². The molecule has 13 heavy (non-hydrogen) atoms. The lowest BCUT2D eigenvalue weighted by atomic mass is 10.1. The number of methoxy groups -OCH3 is 1. The minimum Gasteiger partial charge on any atom is -0.497 e. The molecule has 0 spiro atoms. The van der Waals surface area contributed by atoms with Crippen LogP contribution in [-0.4, -0.2) is 19.4 Å². The Morgan fingerprint density at radius 2 is 2.08 bits per heavy atom. The molecule has 0 fully saturated rings. The molecule has 3 heteroatoms. The maximum absolute atomic E-state index is 10.2. The van der Waals surface area contributed by atoms with Gasteiger partial charge in [0.15, 0.2) is 0 Å². The Morgan fingerprint density at radius 1 is 1.46 bits per heavy atom. The first kappa shape index (κ1) is 9.74. The quantitative estimate of drug-likeness (QED) is 0.737. The number of hydrogen-bond donors (Lipinski definition) is 1. The van der Waals surface area contributed by atoms with Gasteiger partial charge >= 0.3 is 0 Å². The molecule has 1 aromatic rings. The standard InChI is InChI=1S/C10H12NO2/c1-13-10-4-2-8(3-5-10)6-9(11)7-12/h2-5,9H,6,11H2,1H3/t9-/m1/s1. The van der Waals surface area contributed by atoms with Crippen LogP contribution in [0.4, 0.5) is 0 Å². The molecule has 2 N–H and O–H groups in total. The zero-order valence-electron chi connectivity index (χ0n) is 7.49. The van der Waals surface area contributed by atoms with Crippen LogP contribution in [0.25, 0.3) is 0 Å². The summed E-state index contributed by atoms with van der Waals surface area (Å²) in [6, 6.07) is 6.92. The highest BCUT2D eigenvalue weighted by Crippen LogP contribution is 2.11. The van der Waals surface area contributed by atoms with E-state index in [1.807, 2.05) is 24.3 Å². The van der Waals surface area contributed by atoms with E-state index in [9.17, 15) is 4.79 Å². The highest BCUT2D eigenvalue weighted by molar-refractivity contribution is 5.58. The van der Waals surface area contributed by atoms with Crippen LogP contribution in [0, 0.1) is 0 Å². The third kappa shape index (κ3) is 2.87. The van der Waals surface area contributed by atoms with Crippen LogP contribution in [0.2, 0.25) is 0 Å². The van der Waals surface area contributed by atoms with Crippen molar-refractivity contribution in [3.8, 4) is 5.75 Å². The minimum absolute atomic E-state index is 0.521. The Bertz CT molecular complexity index is 269. The van der Waals surface area contributed by atoms with Crippen LogP contribution in [0.1, 0.15) is 5.56 Å². The second-order valence-corrected chi connectivity index (χ2v) is 2.78. The number of benzene rings is 1. The smallest absolute Gasteiger partial charge is 0.217 e. The van der Waals surface area contributed by atoms with Crippen molar-refractivity contribution in [1.82, 2.24) is 0 Å². The van der Waals surface area contributed by atoms with Gasteiger partial charge in [-0.2, -0.15) is 0 Å². The molecule has 0 saturated heterocycles. The van der Waals surface area contributed by atoms with Crippen molar-refractivity contribution in [2.45, 2.75) is 12.5 Å². The van der Waals surface area contributed by atoms with Gasteiger partial charge in [0.05, 0.1) is 13.2 Å². The summed E-state index contributed by atoms with van der Waals surface area (Å²) < 4.78 is 4.99. The number of ether oxygens (including phenoxy) is 1. The minimum atomic E-state index is -0.534. The highest BCUT2D eigenvalue weighted by Gasteiger charge is 2.02. The number of rotatable bonds is 4. The lowest BCUT2D eigenvalue weighted by molar-refractivity contribution is 0.414. The van der Waals surface area contributed by atoms with E-state index in [-0.39, 0.29) is 0 Å². The largest absolute Gasteiger partial charge is 0.497 e. The topological polar surface area (TPSA) is 52.3 Å². The fourth-order valence-electron chi connectivity index (χ4n) is 1.06. The summed E-state index contributed by atoms with van der Waals surface area (Å²) in [6.45, 7) is 0. The van der Waals surface area contributed by atoms with Crippen LogP contribution >= 0.6 is 0 Å². The van der Waals surface area contributed by atoms with E-state index in [1.54, 1.807) is 13.4 Å². The van der Waals surface area contributed by atoms with Gasteiger partial charge in [0.25, 0.3) is 0 Å². The van der Waals surface area contributed by atoms with E-state index in [0.29, 0.717) is 6.42 Å². The van der Waals surface area contributed by atoms with Crippen molar-refractivity contribution < 1.29 is 9.53 Å². The Balaban J connectivity index is 2.63. The van der Waals surface area contributed by atoms with Crippen LogP contribution in [-0.2, 0) is 11.2 Å². The van der Waals surface area contributed by atoms with Crippen LogP contribution in [0.3, 0.4) is 0 Å². The zero-order chi connectivity index (χ0) is 9.68.